The number of aromatic nitrogens is 1. The highest BCUT2D eigenvalue weighted by Crippen LogP contribution is 2.08. The predicted molar refractivity (Wildman–Crippen MR) is 43.5 cm³/mol. The van der Waals surface area contributed by atoms with Gasteiger partial charge >= 0.3 is 0 Å². The van der Waals surface area contributed by atoms with E-state index in [0.717, 1.165) is 8.17 Å². The summed E-state index contributed by atoms with van der Waals surface area (Å²) in [4.78, 5) is 3.90. The monoisotopic (exact) mass is 282 g/mol. The van der Waals surface area contributed by atoms with Gasteiger partial charge in [-0.3, -0.25) is 0 Å². The van der Waals surface area contributed by atoms with E-state index in [1.54, 1.807) is 6.20 Å². The molecule has 0 aliphatic rings. The summed E-state index contributed by atoms with van der Waals surface area (Å²) >= 11 is 5.41. The van der Waals surface area contributed by atoms with Gasteiger partial charge in [-0.15, -0.1) is 0 Å². The van der Waals surface area contributed by atoms with E-state index < -0.39 is 0 Å². The largest absolute Gasteiger partial charge is 0.249 e. The minimum Gasteiger partial charge on any atom is -0.249 e. The minimum atomic E-state index is 0.862. The van der Waals surface area contributed by atoms with Gasteiger partial charge in [0.1, 0.15) is 4.60 Å². The molecule has 0 aliphatic carbocycles. The molecule has 1 aromatic heterocycles. The second-order valence-electron chi connectivity index (χ2n) is 1.22. The number of pyridine rings is 1. The van der Waals surface area contributed by atoms with Gasteiger partial charge in [-0.25, -0.2) is 4.98 Å². The van der Waals surface area contributed by atoms with E-state index in [2.05, 4.69) is 49.6 Å². The fraction of sp³-hybridized carbons (Fsp3) is 0. The Labute approximate surface area is 69.8 Å². The third-order valence-electron chi connectivity index (χ3n) is 0.636. The van der Waals surface area contributed by atoms with Crippen LogP contribution in [0.1, 0.15) is 0 Å². The standard InChI is InChI=1S/C5H2BrIN/c6-5-3-4(7)1-2-8-5/h2-3H. The maximum absolute atomic E-state index is 3.90. The molecule has 1 heterocycles. The van der Waals surface area contributed by atoms with Crippen LogP contribution in [-0.4, -0.2) is 4.98 Å². The molecule has 0 saturated carbocycles. The Morgan fingerprint density at radius 3 is 2.88 bits per heavy atom. The molecule has 1 radical (unpaired) electrons. The van der Waals surface area contributed by atoms with Gasteiger partial charge in [-0.2, -0.15) is 0 Å². The van der Waals surface area contributed by atoms with Crippen molar-refractivity contribution in [2.45, 2.75) is 0 Å². The summed E-state index contributed by atoms with van der Waals surface area (Å²) in [6.45, 7) is 0. The van der Waals surface area contributed by atoms with Crippen LogP contribution in [0.15, 0.2) is 16.9 Å². The highest BCUT2D eigenvalue weighted by molar-refractivity contribution is 14.1. The van der Waals surface area contributed by atoms with Crippen LogP contribution in [-0.2, 0) is 0 Å². The Balaban J connectivity index is 3.08. The first-order valence-electron chi connectivity index (χ1n) is 1.98. The molecule has 41 valence electrons. The number of hydrogen-bond donors (Lipinski definition) is 0. The highest BCUT2D eigenvalue weighted by Gasteiger charge is 1.86. The smallest absolute Gasteiger partial charge is 0.107 e. The molecule has 8 heavy (non-hydrogen) atoms. The fourth-order valence-electron chi connectivity index (χ4n) is 0.339. The van der Waals surface area contributed by atoms with Crippen molar-refractivity contribution < 1.29 is 0 Å². The van der Waals surface area contributed by atoms with Gasteiger partial charge in [-0.05, 0) is 44.6 Å². The van der Waals surface area contributed by atoms with Gasteiger partial charge in [0.05, 0.1) is 0 Å². The van der Waals surface area contributed by atoms with Crippen molar-refractivity contribution in [1.29, 1.82) is 0 Å². The third kappa shape index (κ3) is 1.70. The number of rotatable bonds is 0. The van der Waals surface area contributed by atoms with E-state index in [4.69, 9.17) is 0 Å². The van der Waals surface area contributed by atoms with E-state index in [1.165, 1.54) is 0 Å². The molecule has 0 atom stereocenters. The molecule has 1 rings (SSSR count). The van der Waals surface area contributed by atoms with Gasteiger partial charge in [0.15, 0.2) is 0 Å². The first kappa shape index (κ1) is 6.48. The lowest BCUT2D eigenvalue weighted by Gasteiger charge is -1.86. The molecule has 0 N–H and O–H groups in total. The van der Waals surface area contributed by atoms with E-state index in [9.17, 15) is 0 Å². The fourth-order valence-corrected chi connectivity index (χ4v) is 1.53. The minimum absolute atomic E-state index is 0.862. The van der Waals surface area contributed by atoms with Gasteiger partial charge in [0.25, 0.3) is 0 Å². The maximum atomic E-state index is 3.90. The zero-order valence-corrected chi connectivity index (χ0v) is 7.60. The molecule has 0 unspecified atom stereocenters. The quantitative estimate of drug-likeness (QED) is 0.525. The maximum Gasteiger partial charge on any atom is 0.107 e. The molecule has 0 aliphatic heterocycles. The predicted octanol–water partition coefficient (Wildman–Crippen LogP) is 2.25. The van der Waals surface area contributed by atoms with Crippen molar-refractivity contribution in [1.82, 2.24) is 4.98 Å². The van der Waals surface area contributed by atoms with Crippen molar-refractivity contribution in [3.8, 4) is 0 Å². The molecular formula is C5H2BrIN. The Bertz CT molecular complexity index is 172. The lowest BCUT2D eigenvalue weighted by atomic mass is 10.5. The van der Waals surface area contributed by atoms with Crippen LogP contribution in [0.5, 0.6) is 0 Å². The molecule has 0 saturated heterocycles. The number of nitrogens with zero attached hydrogens (tertiary/aromatic N) is 1. The van der Waals surface area contributed by atoms with E-state index >= 15 is 0 Å². The lowest BCUT2D eigenvalue weighted by molar-refractivity contribution is 1.26. The van der Waals surface area contributed by atoms with Gasteiger partial charge in [0.2, 0.25) is 0 Å². The van der Waals surface area contributed by atoms with Crippen molar-refractivity contribution in [3.05, 3.63) is 26.5 Å². The molecule has 0 aromatic carbocycles. The Morgan fingerprint density at radius 2 is 2.50 bits per heavy atom. The van der Waals surface area contributed by atoms with Crippen molar-refractivity contribution in [2.24, 2.45) is 0 Å². The van der Waals surface area contributed by atoms with E-state index in [1.807, 2.05) is 6.07 Å². The SMILES string of the molecule is Brc1cc(I)[c]cn1. The summed E-state index contributed by atoms with van der Waals surface area (Å²) in [5, 5.41) is 0. The molecule has 0 amide bonds. The Hall–Kier alpha value is 0.360. The summed E-state index contributed by atoms with van der Waals surface area (Å²) in [6.07, 6.45) is 1.64. The summed E-state index contributed by atoms with van der Waals surface area (Å²) in [7, 11) is 0. The second kappa shape index (κ2) is 2.77. The van der Waals surface area contributed by atoms with Crippen LogP contribution in [0.25, 0.3) is 0 Å². The van der Waals surface area contributed by atoms with Gasteiger partial charge < -0.3 is 0 Å². The zero-order valence-electron chi connectivity index (χ0n) is 3.86. The molecule has 0 spiro atoms. The van der Waals surface area contributed by atoms with Crippen LogP contribution < -0.4 is 0 Å². The molecule has 3 heteroatoms. The summed E-state index contributed by atoms with van der Waals surface area (Å²) in [5.74, 6) is 0. The van der Waals surface area contributed by atoms with Crippen LogP contribution in [0.3, 0.4) is 0 Å². The zero-order chi connectivity index (χ0) is 5.98. The highest BCUT2D eigenvalue weighted by atomic mass is 127. The van der Waals surface area contributed by atoms with Crippen molar-refractivity contribution >= 4 is 38.5 Å². The molecule has 0 bridgehead atoms. The Kier molecular flexibility index (Phi) is 2.25. The molecule has 1 nitrogen and oxygen atoms in total. The molecular weight excluding hydrogens is 281 g/mol. The van der Waals surface area contributed by atoms with Gasteiger partial charge in [0, 0.05) is 15.8 Å². The van der Waals surface area contributed by atoms with Crippen LogP contribution in [0, 0.1) is 9.64 Å². The first-order valence-corrected chi connectivity index (χ1v) is 3.85. The first-order chi connectivity index (χ1) is 3.79. The summed E-state index contributed by atoms with van der Waals surface area (Å²) < 4.78 is 1.94. The lowest BCUT2D eigenvalue weighted by Crippen LogP contribution is -1.74. The number of halogens is 2. The summed E-state index contributed by atoms with van der Waals surface area (Å²) in [6, 6.07) is 4.82. The van der Waals surface area contributed by atoms with Crippen LogP contribution >= 0.6 is 38.5 Å². The molecule has 0 fully saturated rings. The molecule has 1 aromatic rings. The van der Waals surface area contributed by atoms with E-state index in [-0.39, 0.29) is 0 Å². The number of hydrogen-bond acceptors (Lipinski definition) is 1. The Morgan fingerprint density at radius 1 is 1.75 bits per heavy atom. The van der Waals surface area contributed by atoms with Crippen LogP contribution in [0.4, 0.5) is 0 Å². The van der Waals surface area contributed by atoms with Crippen LogP contribution in [0.2, 0.25) is 0 Å². The normalized spacial score (nSPS) is 9.25. The summed E-state index contributed by atoms with van der Waals surface area (Å²) in [5.41, 5.74) is 0. The topological polar surface area (TPSA) is 12.9 Å². The van der Waals surface area contributed by atoms with Gasteiger partial charge in [-0.1, -0.05) is 0 Å². The van der Waals surface area contributed by atoms with E-state index in [0.29, 0.717) is 0 Å². The second-order valence-corrected chi connectivity index (χ2v) is 3.19. The van der Waals surface area contributed by atoms with Crippen molar-refractivity contribution in [2.75, 3.05) is 0 Å². The average Bonchev–Trinajstić information content (AvgIpc) is 1.64. The average molecular weight is 283 g/mol. The third-order valence-corrected chi connectivity index (χ3v) is 1.69. The van der Waals surface area contributed by atoms with Crippen molar-refractivity contribution in [3.63, 3.8) is 0 Å².